The van der Waals surface area contributed by atoms with Crippen LogP contribution in [-0.2, 0) is 34.9 Å². The van der Waals surface area contributed by atoms with Crippen LogP contribution >= 0.6 is 24.8 Å². The van der Waals surface area contributed by atoms with Crippen LogP contribution in [0.1, 0.15) is 11.1 Å². The molecule has 5 heteroatoms. The Morgan fingerprint density at radius 3 is 1.00 bits per heavy atom. The fraction of sp³-hybridized carbons (Fsp3) is 0.143. The first-order valence-electron chi connectivity index (χ1n) is 5.16. The number of aliphatic hydroxyl groups is 2. The van der Waals surface area contributed by atoms with Crippen molar-refractivity contribution < 1.29 is 31.9 Å². The molecule has 0 aliphatic carbocycles. The second kappa shape index (κ2) is 15.7. The summed E-state index contributed by atoms with van der Waals surface area (Å²) in [6.07, 6.45) is 0. The van der Waals surface area contributed by atoms with Gasteiger partial charge in [-0.1, -0.05) is 60.7 Å². The first kappa shape index (κ1) is 23.7. The van der Waals surface area contributed by atoms with E-state index in [0.717, 1.165) is 11.1 Å². The molecular formula is C14H18Cl2O2Ti. The van der Waals surface area contributed by atoms with E-state index in [-0.39, 0.29) is 59.7 Å². The third-order valence-corrected chi connectivity index (χ3v) is 2.05. The predicted octanol–water partition coefficient (Wildman–Crippen LogP) is 3.20. The molecule has 2 N–H and O–H groups in total. The van der Waals surface area contributed by atoms with E-state index in [1.54, 1.807) is 0 Å². The van der Waals surface area contributed by atoms with Crippen LogP contribution in [0.15, 0.2) is 60.7 Å². The molecule has 0 bridgehead atoms. The molecule has 0 atom stereocenters. The molecule has 2 aromatic rings. The molecule has 104 valence electrons. The van der Waals surface area contributed by atoms with Crippen molar-refractivity contribution in [2.24, 2.45) is 0 Å². The maximum absolute atomic E-state index is 8.54. The summed E-state index contributed by atoms with van der Waals surface area (Å²) in [5.74, 6) is 0. The standard InChI is InChI=1S/2C7H8O.2ClH.Ti/c2*8-6-7-4-2-1-3-5-7;;;/h2*1-5,8H,6H2;2*1H;. The third-order valence-electron chi connectivity index (χ3n) is 2.05. The summed E-state index contributed by atoms with van der Waals surface area (Å²) in [5, 5.41) is 17.1. The smallest absolute Gasteiger partial charge is 0.0681 e. The molecule has 0 saturated heterocycles. The Kier molecular flexibility index (Phi) is 19.6. The van der Waals surface area contributed by atoms with Gasteiger partial charge in [0.25, 0.3) is 0 Å². The van der Waals surface area contributed by atoms with Gasteiger partial charge >= 0.3 is 0 Å². The molecule has 2 nitrogen and oxygen atoms in total. The fourth-order valence-electron chi connectivity index (χ4n) is 1.17. The van der Waals surface area contributed by atoms with Gasteiger partial charge in [0.2, 0.25) is 0 Å². The minimum Gasteiger partial charge on any atom is -0.392 e. The van der Waals surface area contributed by atoms with Gasteiger partial charge in [0, 0.05) is 21.7 Å². The van der Waals surface area contributed by atoms with Crippen LogP contribution in [0.2, 0.25) is 0 Å². The van der Waals surface area contributed by atoms with Crippen LogP contribution in [0.4, 0.5) is 0 Å². The molecule has 2 aromatic carbocycles. The first-order chi connectivity index (χ1) is 7.86. The Balaban J connectivity index is -0.000000233. The second-order valence-corrected chi connectivity index (χ2v) is 3.29. The monoisotopic (exact) mass is 336 g/mol. The van der Waals surface area contributed by atoms with Crippen molar-refractivity contribution in [3.63, 3.8) is 0 Å². The molecule has 0 unspecified atom stereocenters. The number of halogens is 2. The van der Waals surface area contributed by atoms with Gasteiger partial charge in [-0.05, 0) is 11.1 Å². The molecular weight excluding hydrogens is 319 g/mol. The van der Waals surface area contributed by atoms with Crippen LogP contribution in [0.5, 0.6) is 0 Å². The molecule has 2 rings (SSSR count). The first-order valence-corrected chi connectivity index (χ1v) is 5.16. The largest absolute Gasteiger partial charge is 0.392 e. The molecule has 0 amide bonds. The molecule has 0 saturated carbocycles. The van der Waals surface area contributed by atoms with Gasteiger partial charge in [-0.2, -0.15) is 0 Å². The SMILES string of the molecule is Cl.Cl.OCc1ccccc1.OCc1ccccc1.[Ti]. The summed E-state index contributed by atoms with van der Waals surface area (Å²) in [6.45, 7) is 0.279. The van der Waals surface area contributed by atoms with Crippen LogP contribution in [0, 0.1) is 0 Å². The summed E-state index contributed by atoms with van der Waals surface area (Å²) in [6, 6.07) is 19.0. The maximum atomic E-state index is 8.54. The summed E-state index contributed by atoms with van der Waals surface area (Å²) in [7, 11) is 0. The van der Waals surface area contributed by atoms with Gasteiger partial charge in [-0.15, -0.1) is 24.8 Å². The van der Waals surface area contributed by atoms with E-state index in [0.29, 0.717) is 0 Å². The fourth-order valence-corrected chi connectivity index (χ4v) is 1.17. The van der Waals surface area contributed by atoms with Gasteiger partial charge in [0.1, 0.15) is 0 Å². The number of hydrogen-bond donors (Lipinski definition) is 2. The van der Waals surface area contributed by atoms with Crippen molar-refractivity contribution in [1.82, 2.24) is 0 Å². The van der Waals surface area contributed by atoms with Crippen molar-refractivity contribution in [2.75, 3.05) is 0 Å². The van der Waals surface area contributed by atoms with Gasteiger partial charge in [-0.25, -0.2) is 0 Å². The summed E-state index contributed by atoms with van der Waals surface area (Å²) >= 11 is 0. The Morgan fingerprint density at radius 1 is 0.579 bits per heavy atom. The van der Waals surface area contributed by atoms with Gasteiger partial charge in [0.05, 0.1) is 13.2 Å². The van der Waals surface area contributed by atoms with Crippen LogP contribution < -0.4 is 0 Å². The quantitative estimate of drug-likeness (QED) is 0.827. The number of rotatable bonds is 2. The number of benzene rings is 2. The Morgan fingerprint density at radius 2 is 0.842 bits per heavy atom. The minimum absolute atomic E-state index is 0. The Labute approximate surface area is 141 Å². The zero-order valence-electron chi connectivity index (χ0n) is 10.4. The molecule has 0 heterocycles. The van der Waals surface area contributed by atoms with Crippen molar-refractivity contribution in [1.29, 1.82) is 0 Å². The van der Waals surface area contributed by atoms with Crippen LogP contribution in [0.3, 0.4) is 0 Å². The van der Waals surface area contributed by atoms with E-state index >= 15 is 0 Å². The van der Waals surface area contributed by atoms with Crippen molar-refractivity contribution in [3.05, 3.63) is 71.8 Å². The zero-order chi connectivity index (χ0) is 11.6. The van der Waals surface area contributed by atoms with Crippen LogP contribution in [-0.4, -0.2) is 10.2 Å². The summed E-state index contributed by atoms with van der Waals surface area (Å²) in [5.41, 5.74) is 1.93. The van der Waals surface area contributed by atoms with E-state index in [4.69, 9.17) is 10.2 Å². The second-order valence-electron chi connectivity index (χ2n) is 3.29. The topological polar surface area (TPSA) is 40.5 Å². The predicted molar refractivity (Wildman–Crippen MR) is 79.2 cm³/mol. The third kappa shape index (κ3) is 11.2. The van der Waals surface area contributed by atoms with E-state index in [2.05, 4.69) is 0 Å². The van der Waals surface area contributed by atoms with Gasteiger partial charge in [-0.3, -0.25) is 0 Å². The van der Waals surface area contributed by atoms with Gasteiger partial charge in [0.15, 0.2) is 0 Å². The normalized spacial score (nSPS) is 7.68. The molecule has 0 aliphatic rings. The molecule has 0 aliphatic heterocycles. The minimum atomic E-state index is 0. The van der Waals surface area contributed by atoms with Crippen molar-refractivity contribution in [2.45, 2.75) is 13.2 Å². The van der Waals surface area contributed by atoms with E-state index in [1.165, 1.54) is 0 Å². The molecule has 0 spiro atoms. The maximum Gasteiger partial charge on any atom is 0.0681 e. The van der Waals surface area contributed by atoms with E-state index in [1.807, 2.05) is 60.7 Å². The van der Waals surface area contributed by atoms with E-state index in [9.17, 15) is 0 Å². The van der Waals surface area contributed by atoms with Gasteiger partial charge < -0.3 is 10.2 Å². The molecule has 0 radical (unpaired) electrons. The summed E-state index contributed by atoms with van der Waals surface area (Å²) in [4.78, 5) is 0. The average molecular weight is 337 g/mol. The molecule has 0 fully saturated rings. The zero-order valence-corrected chi connectivity index (χ0v) is 13.6. The van der Waals surface area contributed by atoms with E-state index < -0.39 is 0 Å². The number of aliphatic hydroxyl groups excluding tert-OH is 2. The summed E-state index contributed by atoms with van der Waals surface area (Å²) < 4.78 is 0. The molecule has 19 heavy (non-hydrogen) atoms. The average Bonchev–Trinajstić information content (AvgIpc) is 2.41. The molecule has 0 aromatic heterocycles. The van der Waals surface area contributed by atoms with Crippen LogP contribution in [0.25, 0.3) is 0 Å². The number of hydrogen-bond acceptors (Lipinski definition) is 2. The van der Waals surface area contributed by atoms with Crippen molar-refractivity contribution >= 4 is 24.8 Å². The Hall–Kier alpha value is -0.346. The van der Waals surface area contributed by atoms with Crippen molar-refractivity contribution in [3.8, 4) is 0 Å². The Bertz CT molecular complexity index is 346.